The number of benzene rings is 2. The summed E-state index contributed by atoms with van der Waals surface area (Å²) in [7, 11) is 0. The van der Waals surface area contributed by atoms with Gasteiger partial charge in [-0.15, -0.1) is 0 Å². The minimum Gasteiger partial charge on any atom is -0.350 e. The molecule has 0 fully saturated rings. The summed E-state index contributed by atoms with van der Waals surface area (Å²) < 4.78 is 0. The molecule has 28 heavy (non-hydrogen) atoms. The zero-order valence-electron chi connectivity index (χ0n) is 16.3. The van der Waals surface area contributed by atoms with Crippen LogP contribution in [0.5, 0.6) is 0 Å². The average molecular weight is 382 g/mol. The minimum atomic E-state index is -0.687. The molecular formula is C21H26N4O3. The Hall–Kier alpha value is -3.35. The molecular weight excluding hydrogens is 356 g/mol. The number of nitrogens with one attached hydrogen (secondary N) is 4. The van der Waals surface area contributed by atoms with E-state index in [0.717, 1.165) is 5.56 Å². The summed E-state index contributed by atoms with van der Waals surface area (Å²) in [6, 6.07) is 15.1. The van der Waals surface area contributed by atoms with Gasteiger partial charge in [0, 0.05) is 23.8 Å². The van der Waals surface area contributed by atoms with Crippen molar-refractivity contribution in [2.75, 3.05) is 10.6 Å². The number of carbonyl (C=O) groups excluding carboxylic acids is 3. The Balaban J connectivity index is 1.77. The van der Waals surface area contributed by atoms with Gasteiger partial charge in [-0.05, 0) is 36.8 Å². The van der Waals surface area contributed by atoms with Gasteiger partial charge >= 0.3 is 6.03 Å². The normalized spacial score (nSPS) is 11.4. The lowest BCUT2D eigenvalue weighted by atomic mass is 10.1. The molecule has 0 spiro atoms. The van der Waals surface area contributed by atoms with Gasteiger partial charge in [-0.3, -0.25) is 9.59 Å². The van der Waals surface area contributed by atoms with Crippen molar-refractivity contribution in [3.05, 3.63) is 60.2 Å². The molecule has 0 heterocycles. The highest BCUT2D eigenvalue weighted by atomic mass is 16.2. The van der Waals surface area contributed by atoms with Crippen LogP contribution in [0.3, 0.4) is 0 Å². The summed E-state index contributed by atoms with van der Waals surface area (Å²) in [4.78, 5) is 35.8. The molecule has 0 saturated heterocycles. The number of urea groups is 1. The van der Waals surface area contributed by atoms with Crippen LogP contribution in [0.4, 0.5) is 16.2 Å². The Labute approximate surface area is 164 Å². The zero-order valence-corrected chi connectivity index (χ0v) is 16.3. The van der Waals surface area contributed by atoms with Crippen molar-refractivity contribution in [2.45, 2.75) is 33.4 Å². The standard InChI is InChI=1S/C21H26N4O3/c1-14(2)19(26)24-18-11-9-16(10-12-18)13-22-20(27)15(3)23-21(28)25-17-7-5-4-6-8-17/h4-12,14-15H,13H2,1-3H3,(H,22,27)(H,24,26)(H2,23,25,28). The first-order valence-electron chi connectivity index (χ1n) is 9.15. The monoisotopic (exact) mass is 382 g/mol. The van der Waals surface area contributed by atoms with E-state index < -0.39 is 12.1 Å². The van der Waals surface area contributed by atoms with Gasteiger partial charge in [-0.2, -0.15) is 0 Å². The second kappa shape index (κ2) is 10.1. The third kappa shape index (κ3) is 6.75. The Bertz CT molecular complexity index is 804. The van der Waals surface area contributed by atoms with E-state index >= 15 is 0 Å². The fourth-order valence-electron chi connectivity index (χ4n) is 2.29. The zero-order chi connectivity index (χ0) is 20.5. The van der Waals surface area contributed by atoms with E-state index in [1.165, 1.54) is 0 Å². The van der Waals surface area contributed by atoms with Crippen molar-refractivity contribution in [1.29, 1.82) is 0 Å². The number of hydrogen-bond donors (Lipinski definition) is 4. The number of rotatable bonds is 7. The second-order valence-electron chi connectivity index (χ2n) is 6.74. The molecule has 0 saturated carbocycles. The van der Waals surface area contributed by atoms with Crippen LogP contribution in [-0.4, -0.2) is 23.9 Å². The average Bonchev–Trinajstić information content (AvgIpc) is 2.67. The molecule has 2 aromatic rings. The molecule has 0 bridgehead atoms. The van der Waals surface area contributed by atoms with Gasteiger partial charge in [0.25, 0.3) is 0 Å². The molecule has 0 radical (unpaired) electrons. The first-order chi connectivity index (χ1) is 13.3. The van der Waals surface area contributed by atoms with Crippen LogP contribution in [0.15, 0.2) is 54.6 Å². The van der Waals surface area contributed by atoms with Crippen LogP contribution in [0.2, 0.25) is 0 Å². The number of carbonyl (C=O) groups is 3. The number of hydrogen-bond acceptors (Lipinski definition) is 3. The molecule has 1 atom stereocenters. The second-order valence-corrected chi connectivity index (χ2v) is 6.74. The Morgan fingerprint density at radius 3 is 2.00 bits per heavy atom. The Kier molecular flexibility index (Phi) is 7.56. The smallest absolute Gasteiger partial charge is 0.319 e. The van der Waals surface area contributed by atoms with Gasteiger partial charge in [0.1, 0.15) is 6.04 Å². The van der Waals surface area contributed by atoms with E-state index in [4.69, 9.17) is 0 Å². The lowest BCUT2D eigenvalue weighted by Crippen LogP contribution is -2.46. The minimum absolute atomic E-state index is 0.0465. The van der Waals surface area contributed by atoms with E-state index in [9.17, 15) is 14.4 Å². The van der Waals surface area contributed by atoms with Crippen molar-refractivity contribution in [1.82, 2.24) is 10.6 Å². The number of anilines is 2. The molecule has 0 aromatic heterocycles. The van der Waals surface area contributed by atoms with Gasteiger partial charge in [0.05, 0.1) is 0 Å². The van der Waals surface area contributed by atoms with Crippen LogP contribution in [0.25, 0.3) is 0 Å². The predicted molar refractivity (Wildman–Crippen MR) is 110 cm³/mol. The molecule has 148 valence electrons. The lowest BCUT2D eigenvalue weighted by Gasteiger charge is -2.15. The molecule has 2 rings (SSSR count). The molecule has 7 nitrogen and oxygen atoms in total. The summed E-state index contributed by atoms with van der Waals surface area (Å²) in [5, 5.41) is 10.9. The third-order valence-corrected chi connectivity index (χ3v) is 3.99. The van der Waals surface area contributed by atoms with Crippen molar-refractivity contribution in [3.63, 3.8) is 0 Å². The van der Waals surface area contributed by atoms with E-state index in [1.807, 2.05) is 44.2 Å². The van der Waals surface area contributed by atoms with E-state index in [1.54, 1.807) is 31.2 Å². The van der Waals surface area contributed by atoms with Crippen LogP contribution >= 0.6 is 0 Å². The summed E-state index contributed by atoms with van der Waals surface area (Å²) in [5.74, 6) is -0.429. The third-order valence-electron chi connectivity index (χ3n) is 3.99. The molecule has 1 unspecified atom stereocenters. The van der Waals surface area contributed by atoms with Crippen molar-refractivity contribution < 1.29 is 14.4 Å². The fraction of sp³-hybridized carbons (Fsp3) is 0.286. The molecule has 4 N–H and O–H groups in total. The molecule has 0 aliphatic rings. The van der Waals surface area contributed by atoms with Crippen LogP contribution < -0.4 is 21.3 Å². The summed E-state index contributed by atoms with van der Waals surface area (Å²) in [6.45, 7) is 5.59. The van der Waals surface area contributed by atoms with E-state index in [2.05, 4.69) is 21.3 Å². The lowest BCUT2D eigenvalue weighted by molar-refractivity contribution is -0.122. The first kappa shape index (κ1) is 21.0. The van der Waals surface area contributed by atoms with E-state index in [-0.39, 0.29) is 17.7 Å². The largest absolute Gasteiger partial charge is 0.350 e. The van der Waals surface area contributed by atoms with Crippen molar-refractivity contribution >= 4 is 29.2 Å². The molecule has 4 amide bonds. The summed E-state index contributed by atoms with van der Waals surface area (Å²) >= 11 is 0. The van der Waals surface area contributed by atoms with Gasteiger partial charge in [-0.25, -0.2) is 4.79 Å². The molecule has 2 aromatic carbocycles. The van der Waals surface area contributed by atoms with Gasteiger partial charge in [-0.1, -0.05) is 44.2 Å². The molecule has 0 aliphatic heterocycles. The van der Waals surface area contributed by atoms with Gasteiger partial charge in [0.15, 0.2) is 0 Å². The maximum Gasteiger partial charge on any atom is 0.319 e. The quantitative estimate of drug-likeness (QED) is 0.592. The maximum atomic E-state index is 12.2. The summed E-state index contributed by atoms with van der Waals surface area (Å²) in [5.41, 5.74) is 2.25. The highest BCUT2D eigenvalue weighted by Crippen LogP contribution is 2.11. The van der Waals surface area contributed by atoms with Crippen LogP contribution in [-0.2, 0) is 16.1 Å². The molecule has 0 aliphatic carbocycles. The highest BCUT2D eigenvalue weighted by Gasteiger charge is 2.15. The fourth-order valence-corrected chi connectivity index (χ4v) is 2.29. The Morgan fingerprint density at radius 2 is 1.39 bits per heavy atom. The SMILES string of the molecule is CC(C)C(=O)Nc1ccc(CNC(=O)C(C)NC(=O)Nc2ccccc2)cc1. The van der Waals surface area contributed by atoms with Gasteiger partial charge in [0.2, 0.25) is 11.8 Å². The Morgan fingerprint density at radius 1 is 0.786 bits per heavy atom. The maximum absolute atomic E-state index is 12.2. The first-order valence-corrected chi connectivity index (χ1v) is 9.15. The predicted octanol–water partition coefficient (Wildman–Crippen LogP) is 3.11. The highest BCUT2D eigenvalue weighted by molar-refractivity contribution is 5.93. The van der Waals surface area contributed by atoms with Crippen molar-refractivity contribution in [2.24, 2.45) is 5.92 Å². The summed E-state index contributed by atoms with van der Waals surface area (Å²) in [6.07, 6.45) is 0. The number of para-hydroxylation sites is 1. The van der Waals surface area contributed by atoms with E-state index in [0.29, 0.717) is 17.9 Å². The van der Waals surface area contributed by atoms with Crippen LogP contribution in [0, 0.1) is 5.92 Å². The molecule has 7 heteroatoms. The van der Waals surface area contributed by atoms with Gasteiger partial charge < -0.3 is 21.3 Å². The van der Waals surface area contributed by atoms with Crippen LogP contribution in [0.1, 0.15) is 26.3 Å². The number of amides is 4. The van der Waals surface area contributed by atoms with Crippen molar-refractivity contribution in [3.8, 4) is 0 Å². The topological polar surface area (TPSA) is 99.3 Å².